The summed E-state index contributed by atoms with van der Waals surface area (Å²) in [7, 11) is 0. The molecule has 4 heteroatoms. The van der Waals surface area contributed by atoms with Crippen LogP contribution in [0.4, 0.5) is 0 Å². The molecule has 0 heterocycles. The SMILES string of the molecule is CC(C)C(C)(C)CNC(=O)c1ccc(Br)cc1S. The smallest absolute Gasteiger partial charge is 0.252 e. The molecule has 0 aliphatic heterocycles. The molecule has 1 rings (SSSR count). The molecule has 0 bridgehead atoms. The van der Waals surface area contributed by atoms with Gasteiger partial charge in [-0.1, -0.05) is 43.6 Å². The van der Waals surface area contributed by atoms with Crippen LogP contribution < -0.4 is 5.32 Å². The minimum absolute atomic E-state index is 0.0683. The zero-order chi connectivity index (χ0) is 13.9. The standard InChI is InChI=1S/C14H20BrNOS/c1-9(2)14(3,4)8-16-13(17)11-6-5-10(15)7-12(11)18/h5-7,9,18H,8H2,1-4H3,(H,16,17). The van der Waals surface area contributed by atoms with Crippen molar-refractivity contribution in [1.29, 1.82) is 0 Å². The van der Waals surface area contributed by atoms with Gasteiger partial charge in [0.2, 0.25) is 0 Å². The highest BCUT2D eigenvalue weighted by molar-refractivity contribution is 9.10. The highest BCUT2D eigenvalue weighted by Crippen LogP contribution is 2.25. The first-order chi connectivity index (χ1) is 8.24. The van der Waals surface area contributed by atoms with Crippen LogP contribution in [0, 0.1) is 11.3 Å². The number of hydrogen-bond donors (Lipinski definition) is 2. The van der Waals surface area contributed by atoms with E-state index in [1.807, 2.05) is 12.1 Å². The van der Waals surface area contributed by atoms with E-state index in [0.717, 1.165) is 4.47 Å². The molecule has 100 valence electrons. The average molecular weight is 330 g/mol. The predicted molar refractivity (Wildman–Crippen MR) is 82.3 cm³/mol. The van der Waals surface area contributed by atoms with Crippen LogP contribution in [0.25, 0.3) is 0 Å². The van der Waals surface area contributed by atoms with Crippen LogP contribution in [0.3, 0.4) is 0 Å². The van der Waals surface area contributed by atoms with Crippen molar-refractivity contribution in [3.63, 3.8) is 0 Å². The van der Waals surface area contributed by atoms with Gasteiger partial charge in [0.25, 0.3) is 5.91 Å². The number of amides is 1. The van der Waals surface area contributed by atoms with Crippen molar-refractivity contribution in [2.75, 3.05) is 6.54 Å². The summed E-state index contributed by atoms with van der Waals surface area (Å²) in [5.74, 6) is 0.444. The molecule has 1 aromatic rings. The number of hydrogen-bond acceptors (Lipinski definition) is 2. The summed E-state index contributed by atoms with van der Waals surface area (Å²) < 4.78 is 0.923. The van der Waals surface area contributed by atoms with E-state index in [2.05, 4.69) is 61.6 Å². The Balaban J connectivity index is 2.72. The quantitative estimate of drug-likeness (QED) is 0.798. The number of thiol groups is 1. The van der Waals surface area contributed by atoms with Crippen LogP contribution in [0.5, 0.6) is 0 Å². The van der Waals surface area contributed by atoms with E-state index < -0.39 is 0 Å². The average Bonchev–Trinajstić information content (AvgIpc) is 2.25. The largest absolute Gasteiger partial charge is 0.351 e. The molecular formula is C14H20BrNOS. The van der Waals surface area contributed by atoms with E-state index in [9.17, 15) is 4.79 Å². The van der Waals surface area contributed by atoms with Gasteiger partial charge >= 0.3 is 0 Å². The second-order valence-corrected chi connectivity index (χ2v) is 6.88. The Morgan fingerprint density at radius 2 is 2.06 bits per heavy atom. The summed E-state index contributed by atoms with van der Waals surface area (Å²) in [4.78, 5) is 12.8. The molecule has 1 aromatic carbocycles. The molecular weight excluding hydrogens is 310 g/mol. The van der Waals surface area contributed by atoms with Crippen LogP contribution in [0.15, 0.2) is 27.6 Å². The number of carbonyl (C=O) groups is 1. The Morgan fingerprint density at radius 3 is 2.56 bits per heavy atom. The second-order valence-electron chi connectivity index (χ2n) is 5.49. The molecule has 1 amide bonds. The highest BCUT2D eigenvalue weighted by Gasteiger charge is 2.23. The van der Waals surface area contributed by atoms with Crippen LogP contribution >= 0.6 is 28.6 Å². The molecule has 0 unspecified atom stereocenters. The molecule has 0 fully saturated rings. The van der Waals surface area contributed by atoms with Crippen molar-refractivity contribution < 1.29 is 4.79 Å². The molecule has 0 aliphatic rings. The zero-order valence-electron chi connectivity index (χ0n) is 11.2. The number of halogens is 1. The summed E-state index contributed by atoms with van der Waals surface area (Å²) in [6, 6.07) is 5.46. The normalized spacial score (nSPS) is 11.7. The fourth-order valence-corrected chi connectivity index (χ4v) is 2.16. The summed E-state index contributed by atoms with van der Waals surface area (Å²) in [6.07, 6.45) is 0. The molecule has 0 atom stereocenters. The van der Waals surface area contributed by atoms with Crippen molar-refractivity contribution in [2.24, 2.45) is 11.3 Å². The van der Waals surface area contributed by atoms with Crippen LogP contribution in [0.2, 0.25) is 0 Å². The van der Waals surface area contributed by atoms with Crippen molar-refractivity contribution >= 4 is 34.5 Å². The number of benzene rings is 1. The molecule has 0 spiro atoms. The van der Waals surface area contributed by atoms with Gasteiger partial charge in [-0.3, -0.25) is 4.79 Å². The molecule has 1 N–H and O–H groups in total. The molecule has 0 saturated carbocycles. The first-order valence-corrected chi connectivity index (χ1v) is 7.25. The third-order valence-electron chi connectivity index (χ3n) is 3.47. The maximum absolute atomic E-state index is 12.1. The fourth-order valence-electron chi connectivity index (χ4n) is 1.30. The van der Waals surface area contributed by atoms with Gasteiger partial charge in [0.05, 0.1) is 5.56 Å². The van der Waals surface area contributed by atoms with Crippen molar-refractivity contribution in [1.82, 2.24) is 5.32 Å². The maximum Gasteiger partial charge on any atom is 0.252 e. The van der Waals surface area contributed by atoms with Crippen LogP contribution in [0.1, 0.15) is 38.1 Å². The van der Waals surface area contributed by atoms with E-state index in [1.54, 1.807) is 6.07 Å². The van der Waals surface area contributed by atoms with Crippen LogP contribution in [-0.4, -0.2) is 12.5 Å². The second kappa shape index (κ2) is 6.11. The third kappa shape index (κ3) is 4.02. The lowest BCUT2D eigenvalue weighted by molar-refractivity contribution is 0.0922. The Bertz CT molecular complexity index is 443. The van der Waals surface area contributed by atoms with Gasteiger partial charge in [0, 0.05) is 15.9 Å². The van der Waals surface area contributed by atoms with Gasteiger partial charge < -0.3 is 5.32 Å². The Kier molecular flexibility index (Phi) is 5.29. The van der Waals surface area contributed by atoms with E-state index in [1.165, 1.54) is 0 Å². The van der Waals surface area contributed by atoms with Gasteiger partial charge in [0.1, 0.15) is 0 Å². The molecule has 0 saturated heterocycles. The summed E-state index contributed by atoms with van der Waals surface area (Å²) in [5.41, 5.74) is 0.697. The van der Waals surface area contributed by atoms with Gasteiger partial charge in [-0.05, 0) is 29.5 Å². The monoisotopic (exact) mass is 329 g/mol. The number of rotatable bonds is 4. The zero-order valence-corrected chi connectivity index (χ0v) is 13.7. The first-order valence-electron chi connectivity index (χ1n) is 6.01. The Labute approximate surface area is 123 Å². The molecule has 18 heavy (non-hydrogen) atoms. The number of nitrogens with one attached hydrogen (secondary N) is 1. The minimum Gasteiger partial charge on any atom is -0.351 e. The molecule has 0 aliphatic carbocycles. The van der Waals surface area contributed by atoms with E-state index in [4.69, 9.17) is 0 Å². The molecule has 0 radical (unpaired) electrons. The topological polar surface area (TPSA) is 29.1 Å². The maximum atomic E-state index is 12.1. The number of carbonyl (C=O) groups excluding carboxylic acids is 1. The van der Waals surface area contributed by atoms with Crippen molar-refractivity contribution in [2.45, 2.75) is 32.6 Å². The van der Waals surface area contributed by atoms with E-state index >= 15 is 0 Å². The molecule has 2 nitrogen and oxygen atoms in total. The van der Waals surface area contributed by atoms with E-state index in [-0.39, 0.29) is 11.3 Å². The van der Waals surface area contributed by atoms with Gasteiger partial charge in [0.15, 0.2) is 0 Å². The van der Waals surface area contributed by atoms with Crippen molar-refractivity contribution in [3.8, 4) is 0 Å². The van der Waals surface area contributed by atoms with Gasteiger partial charge in [-0.25, -0.2) is 0 Å². The fraction of sp³-hybridized carbons (Fsp3) is 0.500. The Hall–Kier alpha value is -0.480. The first kappa shape index (κ1) is 15.6. The Morgan fingerprint density at radius 1 is 1.44 bits per heavy atom. The minimum atomic E-state index is -0.0683. The lowest BCUT2D eigenvalue weighted by atomic mass is 9.81. The van der Waals surface area contributed by atoms with Gasteiger partial charge in [-0.2, -0.15) is 0 Å². The molecule has 0 aromatic heterocycles. The summed E-state index contributed by atoms with van der Waals surface area (Å²) >= 11 is 7.68. The van der Waals surface area contributed by atoms with Gasteiger partial charge in [-0.15, -0.1) is 12.6 Å². The summed E-state index contributed by atoms with van der Waals surface area (Å²) in [5, 5.41) is 2.98. The predicted octanol–water partition coefficient (Wildman–Crippen LogP) is 4.15. The van der Waals surface area contributed by atoms with Crippen molar-refractivity contribution in [3.05, 3.63) is 28.2 Å². The van der Waals surface area contributed by atoms with E-state index in [0.29, 0.717) is 22.9 Å². The summed E-state index contributed by atoms with van der Waals surface area (Å²) in [6.45, 7) is 9.29. The highest BCUT2D eigenvalue weighted by atomic mass is 79.9. The lowest BCUT2D eigenvalue weighted by Gasteiger charge is -2.29. The van der Waals surface area contributed by atoms with Crippen LogP contribution in [-0.2, 0) is 0 Å². The lowest BCUT2D eigenvalue weighted by Crippen LogP contribution is -2.37. The third-order valence-corrected chi connectivity index (χ3v) is 4.34.